The van der Waals surface area contributed by atoms with Gasteiger partial charge < -0.3 is 0 Å². The largest absolute Gasteiger partial charge is 0.234 e. The molecule has 88 valence electrons. The Labute approximate surface area is 104 Å². The number of hydrazine groups is 1. The van der Waals surface area contributed by atoms with Crippen molar-refractivity contribution in [2.75, 3.05) is 5.01 Å². The molecule has 0 bridgehead atoms. The third-order valence-corrected chi connectivity index (χ3v) is 2.94. The van der Waals surface area contributed by atoms with Crippen LogP contribution in [-0.4, -0.2) is 5.03 Å². The number of nitro groups is 1. The molecule has 4 nitrogen and oxygen atoms in total. The van der Waals surface area contributed by atoms with Gasteiger partial charge in [0, 0.05) is 11.1 Å². The highest BCUT2D eigenvalue weighted by atomic mass is 16.7. The van der Waals surface area contributed by atoms with Crippen LogP contribution in [0.1, 0.15) is 11.1 Å². The lowest BCUT2D eigenvalue weighted by Gasteiger charge is -2.15. The Hall–Kier alpha value is -2.62. The van der Waals surface area contributed by atoms with E-state index in [0.29, 0.717) is 11.4 Å². The van der Waals surface area contributed by atoms with Crippen molar-refractivity contribution >= 4 is 23.5 Å². The lowest BCUT2D eigenvalue weighted by Crippen LogP contribution is -2.25. The number of nitrogens with zero attached hydrogens (tertiary/aromatic N) is 2. The van der Waals surface area contributed by atoms with Gasteiger partial charge in [-0.15, -0.1) is 0 Å². The van der Waals surface area contributed by atoms with Crippen LogP contribution in [0.3, 0.4) is 0 Å². The molecule has 1 aliphatic rings. The van der Waals surface area contributed by atoms with E-state index in [1.165, 1.54) is 0 Å². The molecule has 4 heteroatoms. The Balaban J connectivity index is 2.31. The molecule has 0 spiro atoms. The summed E-state index contributed by atoms with van der Waals surface area (Å²) >= 11 is 0. The van der Waals surface area contributed by atoms with Gasteiger partial charge in [-0.3, -0.25) is 0 Å². The summed E-state index contributed by atoms with van der Waals surface area (Å²) in [5.74, 6) is 0. The maximum atomic E-state index is 11.3. The van der Waals surface area contributed by atoms with Gasteiger partial charge in [-0.1, -0.05) is 53.6 Å². The fourth-order valence-corrected chi connectivity index (χ4v) is 2.13. The quantitative estimate of drug-likeness (QED) is 0.564. The van der Waals surface area contributed by atoms with Gasteiger partial charge >= 0.3 is 0 Å². The van der Waals surface area contributed by atoms with Crippen molar-refractivity contribution in [3.63, 3.8) is 0 Å². The average Bonchev–Trinajstić information content (AvgIpc) is 2.55. The van der Waals surface area contributed by atoms with Crippen molar-refractivity contribution in [3.8, 4) is 0 Å². The summed E-state index contributed by atoms with van der Waals surface area (Å²) in [4.78, 5) is 11.3. The first-order valence-corrected chi connectivity index (χ1v) is 5.58. The zero-order chi connectivity index (χ0) is 12.5. The second-order valence-corrected chi connectivity index (χ2v) is 4.00. The van der Waals surface area contributed by atoms with Crippen LogP contribution in [0.4, 0.5) is 11.4 Å². The van der Waals surface area contributed by atoms with Crippen molar-refractivity contribution in [1.82, 2.24) is 0 Å². The number of rotatable bonds is 1. The maximum Gasteiger partial charge on any atom is 0.170 e. The molecule has 0 saturated carbocycles. The molecule has 18 heavy (non-hydrogen) atoms. The number of benzene rings is 2. The Morgan fingerprint density at radius 1 is 0.833 bits per heavy atom. The summed E-state index contributed by atoms with van der Waals surface area (Å²) in [6.45, 7) is 0. The van der Waals surface area contributed by atoms with Crippen LogP contribution in [0.2, 0.25) is 0 Å². The summed E-state index contributed by atoms with van der Waals surface area (Å²) < 4.78 is 0. The van der Waals surface area contributed by atoms with Crippen molar-refractivity contribution in [2.24, 2.45) is 0 Å². The summed E-state index contributed by atoms with van der Waals surface area (Å²) in [5.41, 5.74) is 2.85. The maximum absolute atomic E-state index is 11.3. The first-order chi connectivity index (χ1) is 8.77. The summed E-state index contributed by atoms with van der Waals surface area (Å²) in [6, 6.07) is 14.6. The molecule has 1 heterocycles. The minimum absolute atomic E-state index is 0.384. The number of hydrogen-bond acceptors (Lipinski definition) is 2. The van der Waals surface area contributed by atoms with E-state index in [1.807, 2.05) is 36.4 Å². The third kappa shape index (κ3) is 1.55. The second kappa shape index (κ2) is 4.00. The van der Waals surface area contributed by atoms with Crippen LogP contribution in [0, 0.1) is 10.1 Å². The number of anilines is 2. The minimum atomic E-state index is -0.384. The zero-order valence-corrected chi connectivity index (χ0v) is 9.48. The molecular weight excluding hydrogens is 228 g/mol. The lowest BCUT2D eigenvalue weighted by molar-refractivity contribution is -0.483. The fraction of sp³-hybridized carbons (Fsp3) is 0. The van der Waals surface area contributed by atoms with Crippen LogP contribution in [0.15, 0.2) is 48.5 Å². The molecule has 2 aromatic rings. The van der Waals surface area contributed by atoms with Gasteiger partial charge in [-0.05, 0) is 12.1 Å². The molecule has 0 fully saturated rings. The predicted molar refractivity (Wildman–Crippen MR) is 70.9 cm³/mol. The van der Waals surface area contributed by atoms with E-state index in [0.717, 1.165) is 16.1 Å². The summed E-state index contributed by atoms with van der Waals surface area (Å²) in [6.07, 6.45) is 3.80. The van der Waals surface area contributed by atoms with Crippen molar-refractivity contribution in [3.05, 3.63) is 69.8 Å². The molecule has 0 aliphatic carbocycles. The lowest BCUT2D eigenvalue weighted by atomic mass is 10.1. The van der Waals surface area contributed by atoms with Crippen molar-refractivity contribution < 1.29 is 5.03 Å². The molecule has 0 amide bonds. The van der Waals surface area contributed by atoms with E-state index < -0.39 is 0 Å². The number of fused-ring (bicyclic) bond motifs is 2. The number of hydrogen-bond donors (Lipinski definition) is 0. The molecule has 0 aromatic heterocycles. The van der Waals surface area contributed by atoms with Gasteiger partial charge in [0.25, 0.3) is 0 Å². The molecule has 3 rings (SSSR count). The van der Waals surface area contributed by atoms with Gasteiger partial charge in [0.05, 0.1) is 0 Å². The van der Waals surface area contributed by atoms with Gasteiger partial charge in [0.1, 0.15) is 11.4 Å². The topological polar surface area (TPSA) is 46.4 Å². The van der Waals surface area contributed by atoms with Crippen LogP contribution in [-0.2, 0) is 0 Å². The zero-order valence-electron chi connectivity index (χ0n) is 9.48. The predicted octanol–water partition coefficient (Wildman–Crippen LogP) is 3.50. The molecular formula is C14H10N2O2. The van der Waals surface area contributed by atoms with Gasteiger partial charge in [0.15, 0.2) is 5.03 Å². The van der Waals surface area contributed by atoms with Crippen molar-refractivity contribution in [1.29, 1.82) is 0 Å². The Kier molecular flexibility index (Phi) is 2.34. The SMILES string of the molecule is O=[N+]([O-])N1c2ccccc2C=Cc2ccccc21. The minimum Gasteiger partial charge on any atom is -0.234 e. The summed E-state index contributed by atoms with van der Waals surface area (Å²) in [7, 11) is 0. The van der Waals surface area contributed by atoms with E-state index in [2.05, 4.69) is 0 Å². The third-order valence-electron chi connectivity index (χ3n) is 2.94. The molecule has 0 atom stereocenters. The molecule has 1 aliphatic heterocycles. The van der Waals surface area contributed by atoms with Gasteiger partial charge in [0.2, 0.25) is 0 Å². The Bertz CT molecular complexity index is 600. The summed E-state index contributed by atoms with van der Waals surface area (Å²) in [5, 5.41) is 12.1. The second-order valence-electron chi connectivity index (χ2n) is 4.00. The van der Waals surface area contributed by atoms with E-state index in [1.54, 1.807) is 24.3 Å². The molecule has 0 radical (unpaired) electrons. The first kappa shape index (κ1) is 10.5. The monoisotopic (exact) mass is 238 g/mol. The van der Waals surface area contributed by atoms with Gasteiger partial charge in [-0.2, -0.15) is 0 Å². The molecule has 0 unspecified atom stereocenters. The molecule has 0 N–H and O–H groups in total. The van der Waals surface area contributed by atoms with Crippen molar-refractivity contribution in [2.45, 2.75) is 0 Å². The van der Waals surface area contributed by atoms with Gasteiger partial charge in [-0.25, -0.2) is 10.1 Å². The van der Waals surface area contributed by atoms with E-state index in [-0.39, 0.29) is 5.03 Å². The first-order valence-electron chi connectivity index (χ1n) is 5.58. The van der Waals surface area contributed by atoms with E-state index in [4.69, 9.17) is 0 Å². The van der Waals surface area contributed by atoms with Crippen LogP contribution < -0.4 is 5.01 Å². The fourth-order valence-electron chi connectivity index (χ4n) is 2.13. The average molecular weight is 238 g/mol. The molecule has 0 saturated heterocycles. The highest BCUT2D eigenvalue weighted by Gasteiger charge is 2.25. The highest BCUT2D eigenvalue weighted by Crippen LogP contribution is 2.35. The van der Waals surface area contributed by atoms with Crippen LogP contribution >= 0.6 is 0 Å². The van der Waals surface area contributed by atoms with Crippen LogP contribution in [0.25, 0.3) is 12.2 Å². The van der Waals surface area contributed by atoms with Crippen LogP contribution in [0.5, 0.6) is 0 Å². The Morgan fingerprint density at radius 2 is 1.28 bits per heavy atom. The Morgan fingerprint density at radius 3 is 1.72 bits per heavy atom. The van der Waals surface area contributed by atoms with E-state index in [9.17, 15) is 10.1 Å². The number of para-hydroxylation sites is 2. The molecule has 2 aromatic carbocycles. The standard InChI is InChI=1S/C14H10N2O2/c17-16(18)15-13-7-3-1-5-11(13)9-10-12-6-2-4-8-14(12)15/h1-10H. The highest BCUT2D eigenvalue weighted by molar-refractivity contribution is 5.87. The normalized spacial score (nSPS) is 12.6. The van der Waals surface area contributed by atoms with E-state index >= 15 is 0 Å². The smallest absolute Gasteiger partial charge is 0.170 e.